The second-order valence-electron chi connectivity index (χ2n) is 4.04. The molecule has 0 saturated heterocycles. The van der Waals surface area contributed by atoms with Crippen LogP contribution in [-0.2, 0) is 33.3 Å². The van der Waals surface area contributed by atoms with Gasteiger partial charge >= 0.3 is 11.9 Å². The fourth-order valence-electron chi connectivity index (χ4n) is 1.22. The molecule has 8 nitrogen and oxygen atoms in total. The molecule has 0 unspecified atom stereocenters. The van der Waals surface area contributed by atoms with E-state index >= 15 is 0 Å². The van der Waals surface area contributed by atoms with Crippen molar-refractivity contribution in [2.75, 3.05) is 46.2 Å². The Hall–Kier alpha value is -1.77. The second-order valence-corrected chi connectivity index (χ2v) is 4.04. The van der Waals surface area contributed by atoms with Gasteiger partial charge in [0.15, 0.2) is 0 Å². The van der Waals surface area contributed by atoms with Crippen LogP contribution >= 0.6 is 0 Å². The average molecular weight is 318 g/mol. The highest BCUT2D eigenvalue weighted by Crippen LogP contribution is 1.95. The Morgan fingerprint density at radius 3 is 1.95 bits per heavy atom. The number of ether oxygens (including phenoxy) is 4. The summed E-state index contributed by atoms with van der Waals surface area (Å²) in [4.78, 5) is 32.1. The fourth-order valence-corrected chi connectivity index (χ4v) is 1.22. The molecular formula is C14H22O8. The number of carbonyl (C=O) groups is 3. The number of esters is 1. The molecule has 0 radical (unpaired) electrons. The largest absolute Gasteiger partial charge is 0.476 e. The SMILES string of the molecule is C=CCOCCOCCOCCOC(=O)CCC(=O)C(=O)O. The lowest BCUT2D eigenvalue weighted by Gasteiger charge is -2.07. The molecule has 22 heavy (non-hydrogen) atoms. The van der Waals surface area contributed by atoms with E-state index in [1.807, 2.05) is 0 Å². The lowest BCUT2D eigenvalue weighted by atomic mass is 10.2. The first-order valence-electron chi connectivity index (χ1n) is 6.83. The molecule has 0 aromatic carbocycles. The van der Waals surface area contributed by atoms with Crippen LogP contribution in [0.25, 0.3) is 0 Å². The topological polar surface area (TPSA) is 108 Å². The zero-order valence-electron chi connectivity index (χ0n) is 12.5. The van der Waals surface area contributed by atoms with E-state index in [4.69, 9.17) is 24.1 Å². The zero-order valence-corrected chi connectivity index (χ0v) is 12.5. The standard InChI is InChI=1S/C14H22O8/c1-2-5-19-6-7-20-8-9-21-10-11-22-13(16)4-3-12(15)14(17)18/h2H,1,3-11H2,(H,17,18). The molecule has 0 aliphatic rings. The Morgan fingerprint density at radius 2 is 1.41 bits per heavy atom. The van der Waals surface area contributed by atoms with Crippen LogP contribution in [0.5, 0.6) is 0 Å². The van der Waals surface area contributed by atoms with Crippen molar-refractivity contribution in [2.45, 2.75) is 12.8 Å². The van der Waals surface area contributed by atoms with Crippen LogP contribution in [0, 0.1) is 0 Å². The minimum atomic E-state index is -1.55. The molecule has 0 fully saturated rings. The van der Waals surface area contributed by atoms with Gasteiger partial charge in [-0.1, -0.05) is 6.08 Å². The summed E-state index contributed by atoms with van der Waals surface area (Å²) < 4.78 is 20.2. The van der Waals surface area contributed by atoms with Crippen LogP contribution < -0.4 is 0 Å². The van der Waals surface area contributed by atoms with E-state index < -0.39 is 17.7 Å². The first-order chi connectivity index (χ1) is 10.6. The smallest absolute Gasteiger partial charge is 0.372 e. The van der Waals surface area contributed by atoms with Gasteiger partial charge < -0.3 is 24.1 Å². The average Bonchev–Trinajstić information content (AvgIpc) is 2.50. The summed E-state index contributed by atoms with van der Waals surface area (Å²) in [7, 11) is 0. The van der Waals surface area contributed by atoms with Gasteiger partial charge in [-0.25, -0.2) is 4.79 Å². The molecule has 0 aromatic rings. The number of hydrogen-bond donors (Lipinski definition) is 1. The number of carbonyl (C=O) groups excluding carboxylic acids is 2. The summed E-state index contributed by atoms with van der Waals surface area (Å²) in [5.74, 6) is -3.19. The quantitative estimate of drug-likeness (QED) is 0.197. The van der Waals surface area contributed by atoms with Crippen molar-refractivity contribution in [3.63, 3.8) is 0 Å². The van der Waals surface area contributed by atoms with E-state index in [0.29, 0.717) is 33.0 Å². The molecule has 1 N–H and O–H groups in total. The Bertz CT molecular complexity index is 353. The highest BCUT2D eigenvalue weighted by atomic mass is 16.6. The highest BCUT2D eigenvalue weighted by Gasteiger charge is 2.13. The number of hydrogen-bond acceptors (Lipinski definition) is 7. The summed E-state index contributed by atoms with van der Waals surface area (Å²) in [6.07, 6.45) is 1.04. The number of ketones is 1. The maximum Gasteiger partial charge on any atom is 0.372 e. The van der Waals surface area contributed by atoms with E-state index in [0.717, 1.165) is 0 Å². The minimum Gasteiger partial charge on any atom is -0.476 e. The molecule has 0 saturated carbocycles. The summed E-state index contributed by atoms with van der Waals surface area (Å²) >= 11 is 0. The normalized spacial score (nSPS) is 10.2. The van der Waals surface area contributed by atoms with Crippen molar-refractivity contribution in [3.8, 4) is 0 Å². The van der Waals surface area contributed by atoms with E-state index in [1.165, 1.54) is 0 Å². The van der Waals surface area contributed by atoms with Crippen molar-refractivity contribution < 1.29 is 38.4 Å². The van der Waals surface area contributed by atoms with Crippen molar-refractivity contribution in [2.24, 2.45) is 0 Å². The van der Waals surface area contributed by atoms with Crippen molar-refractivity contribution in [1.82, 2.24) is 0 Å². The molecule has 0 atom stereocenters. The lowest BCUT2D eigenvalue weighted by Crippen LogP contribution is -2.17. The number of carboxylic acids is 1. The molecule has 0 aliphatic carbocycles. The van der Waals surface area contributed by atoms with Gasteiger partial charge in [-0.05, 0) is 0 Å². The van der Waals surface area contributed by atoms with Crippen LogP contribution in [0.3, 0.4) is 0 Å². The van der Waals surface area contributed by atoms with Crippen LogP contribution in [0.4, 0.5) is 0 Å². The van der Waals surface area contributed by atoms with Gasteiger partial charge in [0.1, 0.15) is 6.61 Å². The molecule has 0 spiro atoms. The van der Waals surface area contributed by atoms with Crippen molar-refractivity contribution >= 4 is 17.7 Å². The van der Waals surface area contributed by atoms with Crippen LogP contribution in [-0.4, -0.2) is 69.1 Å². The van der Waals surface area contributed by atoms with Crippen LogP contribution in [0.1, 0.15) is 12.8 Å². The molecule has 126 valence electrons. The predicted molar refractivity (Wildman–Crippen MR) is 75.5 cm³/mol. The molecule has 0 rings (SSSR count). The van der Waals surface area contributed by atoms with E-state index in [-0.39, 0.29) is 26.1 Å². The third-order valence-corrected chi connectivity index (χ3v) is 2.27. The van der Waals surface area contributed by atoms with Gasteiger partial charge in [0.25, 0.3) is 0 Å². The summed E-state index contributed by atoms with van der Waals surface area (Å²) in [5.41, 5.74) is 0. The van der Waals surface area contributed by atoms with E-state index in [2.05, 4.69) is 6.58 Å². The predicted octanol–water partition coefficient (Wildman–Crippen LogP) is 0.199. The van der Waals surface area contributed by atoms with Gasteiger partial charge in [0.2, 0.25) is 5.78 Å². The monoisotopic (exact) mass is 318 g/mol. The summed E-state index contributed by atoms with van der Waals surface area (Å²) in [5, 5.41) is 8.33. The Balaban J connectivity index is 3.28. The third kappa shape index (κ3) is 13.2. The van der Waals surface area contributed by atoms with Crippen LogP contribution in [0.15, 0.2) is 12.7 Å². The fraction of sp³-hybridized carbons (Fsp3) is 0.643. The van der Waals surface area contributed by atoms with Gasteiger partial charge in [-0.2, -0.15) is 0 Å². The van der Waals surface area contributed by atoms with Crippen molar-refractivity contribution in [3.05, 3.63) is 12.7 Å². The first kappa shape index (κ1) is 20.2. The number of aliphatic carboxylic acids is 1. The minimum absolute atomic E-state index is 0.0442. The maximum absolute atomic E-state index is 11.2. The zero-order chi connectivity index (χ0) is 16.6. The van der Waals surface area contributed by atoms with Gasteiger partial charge in [-0.3, -0.25) is 9.59 Å². The molecule has 0 heterocycles. The molecule has 0 aliphatic heterocycles. The summed E-state index contributed by atoms with van der Waals surface area (Å²) in [6.45, 7) is 5.95. The number of carboxylic acid groups (broad SMARTS) is 1. The molecular weight excluding hydrogens is 296 g/mol. The maximum atomic E-state index is 11.2. The number of Topliss-reactive ketones (excluding diaryl/α,β-unsaturated/α-hetero) is 1. The van der Waals surface area contributed by atoms with Crippen LogP contribution in [0.2, 0.25) is 0 Å². The Morgan fingerprint density at radius 1 is 0.864 bits per heavy atom. The first-order valence-corrected chi connectivity index (χ1v) is 6.83. The lowest BCUT2D eigenvalue weighted by molar-refractivity contribution is -0.151. The Labute approximate surface area is 129 Å². The van der Waals surface area contributed by atoms with Gasteiger partial charge in [0, 0.05) is 6.42 Å². The third-order valence-electron chi connectivity index (χ3n) is 2.27. The molecule has 8 heteroatoms. The second kappa shape index (κ2) is 14.2. The van der Waals surface area contributed by atoms with E-state index in [1.54, 1.807) is 6.08 Å². The number of rotatable bonds is 15. The van der Waals surface area contributed by atoms with Crippen molar-refractivity contribution in [1.29, 1.82) is 0 Å². The van der Waals surface area contributed by atoms with Gasteiger partial charge in [0.05, 0.1) is 46.1 Å². The van der Waals surface area contributed by atoms with E-state index in [9.17, 15) is 14.4 Å². The molecule has 0 aromatic heterocycles. The summed E-state index contributed by atoms with van der Waals surface area (Å²) in [6, 6.07) is 0. The molecule has 0 amide bonds. The highest BCUT2D eigenvalue weighted by molar-refractivity contribution is 6.32. The van der Waals surface area contributed by atoms with Gasteiger partial charge in [-0.15, -0.1) is 6.58 Å². The Kier molecular flexibility index (Phi) is 13.0. The molecule has 0 bridgehead atoms.